The predicted molar refractivity (Wildman–Crippen MR) is 91.3 cm³/mol. The van der Waals surface area contributed by atoms with Crippen molar-refractivity contribution in [1.29, 1.82) is 0 Å². The molecule has 7 atom stereocenters. The number of hydrogen-bond acceptors (Lipinski definition) is 2. The van der Waals surface area contributed by atoms with E-state index < -0.39 is 11.7 Å². The molecule has 2 saturated carbocycles. The maximum atomic E-state index is 11.0. The molecule has 0 amide bonds. The van der Waals surface area contributed by atoms with Gasteiger partial charge in [0.1, 0.15) is 5.60 Å². The number of aliphatic hydroxyl groups is 2. The van der Waals surface area contributed by atoms with Crippen molar-refractivity contribution in [3.05, 3.63) is 36.0 Å². The lowest BCUT2D eigenvalue weighted by Crippen LogP contribution is -2.53. The van der Waals surface area contributed by atoms with Crippen LogP contribution in [0.25, 0.3) is 0 Å². The zero-order chi connectivity index (χ0) is 16.5. The molecule has 0 aliphatic heterocycles. The first-order chi connectivity index (χ1) is 10.8. The van der Waals surface area contributed by atoms with Gasteiger partial charge in [-0.2, -0.15) is 0 Å². The first-order valence-electron chi connectivity index (χ1n) is 8.82. The second-order valence-electron chi connectivity index (χ2n) is 8.40. The van der Waals surface area contributed by atoms with E-state index in [4.69, 9.17) is 6.42 Å². The number of allylic oxidation sites excluding steroid dienone is 4. The summed E-state index contributed by atoms with van der Waals surface area (Å²) < 4.78 is 0. The highest BCUT2D eigenvalue weighted by Gasteiger charge is 2.62. The minimum absolute atomic E-state index is 0.00315. The molecule has 2 heteroatoms. The van der Waals surface area contributed by atoms with E-state index in [1.165, 1.54) is 5.57 Å². The number of rotatable bonds is 0. The number of terminal acetylenes is 1. The summed E-state index contributed by atoms with van der Waals surface area (Å²) in [6, 6.07) is 0. The molecule has 2 N–H and O–H groups in total. The van der Waals surface area contributed by atoms with Gasteiger partial charge in [-0.3, -0.25) is 0 Å². The Morgan fingerprint density at radius 2 is 1.91 bits per heavy atom. The summed E-state index contributed by atoms with van der Waals surface area (Å²) in [5, 5.41) is 20.9. The summed E-state index contributed by atoms with van der Waals surface area (Å²) in [6.07, 6.45) is 19.6. The molecule has 4 unspecified atom stereocenters. The zero-order valence-corrected chi connectivity index (χ0v) is 14.0. The highest BCUT2D eigenvalue weighted by Crippen LogP contribution is 2.65. The molecule has 0 bridgehead atoms. The molecule has 0 aromatic heterocycles. The molecule has 23 heavy (non-hydrogen) atoms. The topological polar surface area (TPSA) is 40.5 Å². The van der Waals surface area contributed by atoms with E-state index in [9.17, 15) is 10.2 Å². The molecule has 0 saturated heterocycles. The van der Waals surface area contributed by atoms with Crippen molar-refractivity contribution in [2.45, 2.75) is 51.2 Å². The van der Waals surface area contributed by atoms with Crippen LogP contribution in [0.5, 0.6) is 0 Å². The van der Waals surface area contributed by atoms with Crippen molar-refractivity contribution in [3.8, 4) is 12.3 Å². The summed E-state index contributed by atoms with van der Waals surface area (Å²) in [5.74, 6) is 4.15. The largest absolute Gasteiger partial charge is 0.385 e. The lowest BCUT2D eigenvalue weighted by Gasteiger charge is -2.55. The Labute approximate surface area is 139 Å². The van der Waals surface area contributed by atoms with Gasteiger partial charge in [-0.05, 0) is 55.1 Å². The van der Waals surface area contributed by atoms with Gasteiger partial charge in [0, 0.05) is 10.8 Å². The second-order valence-corrected chi connectivity index (χ2v) is 8.40. The van der Waals surface area contributed by atoms with Crippen LogP contribution in [0, 0.1) is 40.9 Å². The lowest BCUT2D eigenvalue weighted by atomic mass is 9.49. The molecular formula is C21H26O2. The Morgan fingerprint density at radius 1 is 1.17 bits per heavy atom. The highest BCUT2D eigenvalue weighted by molar-refractivity contribution is 5.42. The van der Waals surface area contributed by atoms with Crippen LogP contribution in [0.15, 0.2) is 36.0 Å². The van der Waals surface area contributed by atoms with Gasteiger partial charge in [0.25, 0.3) is 0 Å². The van der Waals surface area contributed by atoms with Gasteiger partial charge in [-0.15, -0.1) is 6.42 Å². The molecule has 2 nitrogen and oxygen atoms in total. The van der Waals surface area contributed by atoms with Gasteiger partial charge in [-0.1, -0.05) is 44.1 Å². The van der Waals surface area contributed by atoms with Crippen molar-refractivity contribution < 1.29 is 10.2 Å². The van der Waals surface area contributed by atoms with Crippen molar-refractivity contribution in [2.24, 2.45) is 28.6 Å². The van der Waals surface area contributed by atoms with Crippen LogP contribution in [0.1, 0.15) is 39.5 Å². The second kappa shape index (κ2) is 4.62. The summed E-state index contributed by atoms with van der Waals surface area (Å²) in [4.78, 5) is 0. The van der Waals surface area contributed by atoms with E-state index in [-0.39, 0.29) is 10.8 Å². The number of fused-ring (bicyclic) bond motifs is 5. The first-order valence-corrected chi connectivity index (χ1v) is 8.82. The standard InChI is InChI=1S/C21H26O2/c1-4-21(23)12-9-18-16-6-5-14-13-15(22)7-10-19(14,2)17(16)8-11-20(18,21)3/h1,5-7,10,13,15-18,22-23H,8-9,11-12H2,2-3H3/t15?,16?,17?,18?,19-,20-,21-/m0/s1. The molecule has 2 fully saturated rings. The molecule has 122 valence electrons. The van der Waals surface area contributed by atoms with Gasteiger partial charge in [0.2, 0.25) is 0 Å². The van der Waals surface area contributed by atoms with Crippen molar-refractivity contribution in [3.63, 3.8) is 0 Å². The fourth-order valence-electron chi connectivity index (χ4n) is 6.02. The van der Waals surface area contributed by atoms with Crippen molar-refractivity contribution in [1.82, 2.24) is 0 Å². The maximum Gasteiger partial charge on any atom is 0.130 e. The minimum Gasteiger partial charge on any atom is -0.385 e. The van der Waals surface area contributed by atoms with E-state index in [1.807, 2.05) is 12.2 Å². The van der Waals surface area contributed by atoms with Crippen LogP contribution in [0.4, 0.5) is 0 Å². The molecule has 4 aliphatic carbocycles. The van der Waals surface area contributed by atoms with E-state index in [2.05, 4.69) is 38.0 Å². The normalized spacial score (nSPS) is 53.8. The van der Waals surface area contributed by atoms with Gasteiger partial charge in [0.15, 0.2) is 0 Å². The number of hydrogen-bond donors (Lipinski definition) is 2. The maximum absolute atomic E-state index is 11.0. The van der Waals surface area contributed by atoms with Gasteiger partial charge < -0.3 is 10.2 Å². The van der Waals surface area contributed by atoms with E-state index in [0.717, 1.165) is 25.7 Å². The molecule has 4 aliphatic rings. The Balaban J connectivity index is 1.76. The van der Waals surface area contributed by atoms with E-state index in [0.29, 0.717) is 17.8 Å². The van der Waals surface area contributed by atoms with Crippen molar-refractivity contribution in [2.75, 3.05) is 0 Å². The smallest absolute Gasteiger partial charge is 0.130 e. The lowest BCUT2D eigenvalue weighted by molar-refractivity contribution is -0.0746. The molecule has 0 aromatic carbocycles. The first kappa shape index (κ1) is 15.2. The molecule has 0 radical (unpaired) electrons. The quantitative estimate of drug-likeness (QED) is 0.533. The average Bonchev–Trinajstić information content (AvgIpc) is 2.80. The van der Waals surface area contributed by atoms with Crippen LogP contribution in [-0.2, 0) is 0 Å². The van der Waals surface area contributed by atoms with E-state index >= 15 is 0 Å². The predicted octanol–water partition coefficient (Wildman–Crippen LogP) is 3.23. The Bertz CT molecular complexity index is 666. The Morgan fingerprint density at radius 3 is 2.65 bits per heavy atom. The number of aliphatic hydroxyl groups excluding tert-OH is 1. The van der Waals surface area contributed by atoms with Gasteiger partial charge in [0.05, 0.1) is 6.10 Å². The Kier molecular flexibility index (Phi) is 3.06. The molecule has 0 aromatic rings. The van der Waals surface area contributed by atoms with Crippen LogP contribution in [-0.4, -0.2) is 21.9 Å². The molecule has 4 rings (SSSR count). The monoisotopic (exact) mass is 310 g/mol. The zero-order valence-electron chi connectivity index (χ0n) is 14.0. The molecule has 0 heterocycles. The molecule has 0 spiro atoms. The summed E-state index contributed by atoms with van der Waals surface area (Å²) >= 11 is 0. The third-order valence-corrected chi connectivity index (χ3v) is 7.60. The third kappa shape index (κ3) is 1.78. The minimum atomic E-state index is -0.952. The SMILES string of the molecule is C#C[C@]1(O)CCC2C3C=CC4=CC(O)C=C[C@]4(C)C3CC[C@@]21C. The van der Waals surface area contributed by atoms with Gasteiger partial charge >= 0.3 is 0 Å². The van der Waals surface area contributed by atoms with Crippen LogP contribution >= 0.6 is 0 Å². The van der Waals surface area contributed by atoms with Crippen LogP contribution < -0.4 is 0 Å². The molecular weight excluding hydrogens is 284 g/mol. The summed E-state index contributed by atoms with van der Waals surface area (Å²) in [5.41, 5.74) is 0.105. The summed E-state index contributed by atoms with van der Waals surface area (Å²) in [6.45, 7) is 4.50. The van der Waals surface area contributed by atoms with Crippen molar-refractivity contribution >= 4 is 0 Å². The van der Waals surface area contributed by atoms with Crippen LogP contribution in [0.3, 0.4) is 0 Å². The average molecular weight is 310 g/mol. The van der Waals surface area contributed by atoms with Crippen LogP contribution in [0.2, 0.25) is 0 Å². The third-order valence-electron chi connectivity index (χ3n) is 7.60. The summed E-state index contributed by atoms with van der Waals surface area (Å²) in [7, 11) is 0. The highest BCUT2D eigenvalue weighted by atomic mass is 16.3. The Hall–Kier alpha value is -1.30. The fraction of sp³-hybridized carbons (Fsp3) is 0.619. The van der Waals surface area contributed by atoms with Gasteiger partial charge in [-0.25, -0.2) is 0 Å². The fourth-order valence-corrected chi connectivity index (χ4v) is 6.02. The van der Waals surface area contributed by atoms with E-state index in [1.54, 1.807) is 0 Å².